The maximum Gasteiger partial charge on any atom is 0.136 e. The molecule has 524 valence electrons. The van der Waals surface area contributed by atoms with Crippen molar-refractivity contribution in [1.82, 2.24) is 0 Å². The van der Waals surface area contributed by atoms with Gasteiger partial charge in [0.2, 0.25) is 0 Å². The Balaban J connectivity index is 0.000000136. The summed E-state index contributed by atoms with van der Waals surface area (Å²) in [5, 5.41) is 21.9. The topological polar surface area (TPSA) is 74.6 Å². The average Bonchev–Trinajstić information content (AvgIpc) is 1.69. The van der Waals surface area contributed by atoms with Crippen molar-refractivity contribution >= 4 is 11.6 Å². The molecule has 12 aliphatic carbocycles. The molecule has 11 saturated carbocycles. The molecule has 0 aliphatic heterocycles. The predicted octanol–water partition coefficient (Wildman–Crippen LogP) is 22.3. The number of benzene rings is 3. The van der Waals surface area contributed by atoms with Crippen LogP contribution in [0.5, 0.6) is 0 Å². The number of aliphatic hydroxyl groups is 2. The molecule has 24 atom stereocenters. The lowest BCUT2D eigenvalue weighted by Gasteiger charge is -2.61. The van der Waals surface area contributed by atoms with Gasteiger partial charge in [0.05, 0.1) is 11.7 Å². The second-order valence-corrected chi connectivity index (χ2v) is 36.9. The van der Waals surface area contributed by atoms with Gasteiger partial charge in [0.15, 0.2) is 0 Å². The number of aliphatic hydroxyl groups excluding tert-OH is 1. The lowest BCUT2D eigenvalue weighted by atomic mass is 9.44. The van der Waals surface area contributed by atoms with Gasteiger partial charge in [-0.05, 0) is 355 Å². The van der Waals surface area contributed by atoms with Crippen LogP contribution in [-0.2, 0) is 28.9 Å². The smallest absolute Gasteiger partial charge is 0.136 e. The highest BCUT2D eigenvalue weighted by atomic mass is 19.1. The van der Waals surface area contributed by atoms with E-state index in [1.54, 1.807) is 24.3 Å². The SMILES string of the molecule is C.C[C@H]1CC[C@@]2(C)[C@@H](CC[C@@H]3[C@@H]2CC[C@@]2(C)[C@H]3CC[C@@H]2[C@](C)(O)CCc2ccc(F)cc2)C1.C[C@H]1CC[C@@]2(C)[C@@H](CC[C@@H]3[C@@H]2CC[C@]2(C)[C@@H](C(=O)CCc4ccc(F)cc4)CC[C@@H]32)C1.C[C@]12CC[C@H]3[C@@H](CC=C4C[C@@H](O)CC[C@@]43C)[C@@H]1CC[C@@H]2C(=O)CCc1ccc(F)cc1. The molecule has 0 aromatic heterocycles. The van der Waals surface area contributed by atoms with Crippen molar-refractivity contribution in [2.75, 3.05) is 0 Å². The summed E-state index contributed by atoms with van der Waals surface area (Å²) in [7, 11) is 0. The molecule has 0 bridgehead atoms. The molecule has 3 aromatic rings. The summed E-state index contributed by atoms with van der Waals surface area (Å²) in [6, 6.07) is 20.1. The number of allylic oxidation sites excluding steroid dienone is 1. The molecule has 0 heterocycles. The van der Waals surface area contributed by atoms with Crippen LogP contribution in [0.25, 0.3) is 0 Å². The zero-order valence-corrected chi connectivity index (χ0v) is 59.8. The fraction of sp³-hybridized carbons (Fsp3) is 0.750. The standard InChI is InChI=1S/C30H45FO.C29H41FO.C28H37FO2.CH4/c1-20-13-16-28(2)22(19-20)7-10-24-25-11-12-27(29(25,3)17-15-26(24)28)30(4,32)18-14-21-5-8-23(31)9-6-21;1-19-14-16-28(2)21(18-19)7-10-23-24-11-12-26(29(24,3)17-15-25(23)28)27(31)13-6-20-4-8-22(30)9-5-20;1-27-15-13-21(30)17-19(27)6-9-22-23-10-11-25(28(23,2)16-14-24(22)27)26(31)12-5-18-3-7-20(29)8-4-18;/h5-6,8-9,20,22,24-27,32H,7,10-19H2,1-4H3;4-5,8-9,19,21,23-26H,6-7,10-18H2,1-3H3;3-4,6-8,21-25,30H,5,9-17H2,1-2H3;1H4/t20-,22-,24-,25-,26-,27-,28-,29-,30+;19-,21-,23-,24-,25-,26+,28-,29-;21-,22-,23-,24-,25+,27-,28-;/m000./s1. The second-order valence-electron chi connectivity index (χ2n) is 36.9. The third-order valence-electron chi connectivity index (χ3n) is 32.4. The number of fused-ring (bicyclic) bond motifs is 15. The van der Waals surface area contributed by atoms with Gasteiger partial charge in [-0.2, -0.15) is 0 Å². The minimum atomic E-state index is -0.647. The second kappa shape index (κ2) is 27.8. The first-order valence-corrected chi connectivity index (χ1v) is 39.1. The first kappa shape index (κ1) is 71.3. The maximum atomic E-state index is 13.4. The Bertz CT molecular complexity index is 3170. The zero-order valence-electron chi connectivity index (χ0n) is 59.8. The van der Waals surface area contributed by atoms with Gasteiger partial charge in [0.25, 0.3) is 0 Å². The van der Waals surface area contributed by atoms with E-state index >= 15 is 0 Å². The van der Waals surface area contributed by atoms with Gasteiger partial charge in [0, 0.05) is 24.7 Å². The molecule has 0 unspecified atom stereocenters. The summed E-state index contributed by atoms with van der Waals surface area (Å²) < 4.78 is 39.6. The van der Waals surface area contributed by atoms with Crippen LogP contribution in [0.1, 0.15) is 273 Å². The van der Waals surface area contributed by atoms with E-state index in [-0.39, 0.29) is 64.5 Å². The average molecular weight is 1310 g/mol. The highest BCUT2D eigenvalue weighted by Crippen LogP contribution is 2.72. The molecule has 2 N–H and O–H groups in total. The molecular formula is C88H127F3O4. The molecule has 0 radical (unpaired) electrons. The van der Waals surface area contributed by atoms with Crippen LogP contribution in [0.3, 0.4) is 0 Å². The van der Waals surface area contributed by atoms with Crippen molar-refractivity contribution in [3.05, 3.63) is 119 Å². The van der Waals surface area contributed by atoms with Crippen molar-refractivity contribution in [3.63, 3.8) is 0 Å². The summed E-state index contributed by atoms with van der Waals surface area (Å²) in [5.74, 6) is 12.0. The van der Waals surface area contributed by atoms with E-state index < -0.39 is 5.60 Å². The minimum Gasteiger partial charge on any atom is -0.393 e. The van der Waals surface area contributed by atoms with Crippen molar-refractivity contribution in [2.24, 2.45) is 127 Å². The normalized spacial score (nSPS) is 43.3. The Kier molecular flexibility index (Phi) is 20.8. The number of aryl methyl sites for hydroxylation is 3. The summed E-state index contributed by atoms with van der Waals surface area (Å²) >= 11 is 0. The van der Waals surface area contributed by atoms with E-state index in [0.717, 1.165) is 146 Å². The Hall–Kier alpha value is -3.55. The number of Topliss-reactive ketones (excluding diaryl/α,β-unsaturated/α-hetero) is 2. The van der Waals surface area contributed by atoms with Gasteiger partial charge in [0.1, 0.15) is 29.0 Å². The van der Waals surface area contributed by atoms with E-state index in [1.807, 2.05) is 24.3 Å². The molecule has 95 heavy (non-hydrogen) atoms. The van der Waals surface area contributed by atoms with E-state index in [2.05, 4.69) is 68.4 Å². The van der Waals surface area contributed by atoms with Crippen molar-refractivity contribution < 1.29 is 33.0 Å². The molecule has 0 saturated heterocycles. The van der Waals surface area contributed by atoms with Crippen LogP contribution in [0.4, 0.5) is 13.2 Å². The molecule has 0 spiro atoms. The van der Waals surface area contributed by atoms with Gasteiger partial charge in [-0.15, -0.1) is 0 Å². The Morgan fingerprint density at radius 1 is 0.463 bits per heavy atom. The Morgan fingerprint density at radius 2 is 0.863 bits per heavy atom. The Morgan fingerprint density at radius 3 is 1.35 bits per heavy atom. The fourth-order valence-corrected chi connectivity index (χ4v) is 27.1. The quantitative estimate of drug-likeness (QED) is 0.177. The fourth-order valence-electron chi connectivity index (χ4n) is 27.1. The van der Waals surface area contributed by atoms with Crippen molar-refractivity contribution in [2.45, 2.75) is 287 Å². The predicted molar refractivity (Wildman–Crippen MR) is 381 cm³/mol. The molecule has 15 rings (SSSR count). The summed E-state index contributed by atoms with van der Waals surface area (Å²) in [4.78, 5) is 26.7. The monoisotopic (exact) mass is 1300 g/mol. The first-order chi connectivity index (χ1) is 44.8. The van der Waals surface area contributed by atoms with Crippen LogP contribution in [0, 0.1) is 145 Å². The third kappa shape index (κ3) is 13.3. The molecule has 7 heteroatoms. The number of rotatable bonds is 12. The number of halogens is 3. The van der Waals surface area contributed by atoms with E-state index in [0.29, 0.717) is 58.9 Å². The minimum absolute atomic E-state index is 0. The molecule has 11 fully saturated rings. The van der Waals surface area contributed by atoms with Gasteiger partial charge in [-0.3, -0.25) is 9.59 Å². The lowest BCUT2D eigenvalue weighted by Crippen LogP contribution is -2.55. The van der Waals surface area contributed by atoms with Gasteiger partial charge in [-0.1, -0.05) is 124 Å². The largest absolute Gasteiger partial charge is 0.393 e. The zero-order chi connectivity index (χ0) is 66.3. The maximum absolute atomic E-state index is 13.4. The van der Waals surface area contributed by atoms with Crippen LogP contribution in [0.2, 0.25) is 0 Å². The van der Waals surface area contributed by atoms with E-state index in [1.165, 1.54) is 152 Å². The third-order valence-corrected chi connectivity index (χ3v) is 32.4. The number of carbonyl (C=O) groups is 2. The van der Waals surface area contributed by atoms with E-state index in [4.69, 9.17) is 0 Å². The van der Waals surface area contributed by atoms with Crippen molar-refractivity contribution in [3.8, 4) is 0 Å². The summed E-state index contributed by atoms with van der Waals surface area (Å²) in [6.07, 6.45) is 39.7. The highest BCUT2D eigenvalue weighted by Gasteiger charge is 2.65. The summed E-state index contributed by atoms with van der Waals surface area (Å²) in [5.41, 5.74) is 6.14. The van der Waals surface area contributed by atoms with Crippen LogP contribution >= 0.6 is 0 Å². The molecule has 4 nitrogen and oxygen atoms in total. The summed E-state index contributed by atoms with van der Waals surface area (Å²) in [6.45, 7) is 22.2. The van der Waals surface area contributed by atoms with Gasteiger partial charge < -0.3 is 10.2 Å². The number of carbonyl (C=O) groups excluding carboxylic acids is 2. The number of ketones is 2. The van der Waals surface area contributed by atoms with Crippen LogP contribution in [0.15, 0.2) is 84.4 Å². The van der Waals surface area contributed by atoms with Crippen molar-refractivity contribution in [1.29, 1.82) is 0 Å². The van der Waals surface area contributed by atoms with Crippen LogP contribution in [-0.4, -0.2) is 33.5 Å². The van der Waals surface area contributed by atoms with Gasteiger partial charge in [-0.25, -0.2) is 13.2 Å². The number of hydrogen-bond acceptors (Lipinski definition) is 4. The van der Waals surface area contributed by atoms with Crippen LogP contribution < -0.4 is 0 Å². The van der Waals surface area contributed by atoms with E-state index in [9.17, 15) is 33.0 Å². The number of hydrogen-bond donors (Lipinski definition) is 2. The Labute approximate surface area is 574 Å². The first-order valence-electron chi connectivity index (χ1n) is 39.1. The molecular weight excluding hydrogens is 1180 g/mol. The van der Waals surface area contributed by atoms with Gasteiger partial charge >= 0.3 is 0 Å². The highest BCUT2D eigenvalue weighted by molar-refractivity contribution is 5.83. The molecule has 3 aromatic carbocycles. The lowest BCUT2D eigenvalue weighted by molar-refractivity contribution is -0.138. The molecule has 0 amide bonds. The molecule has 12 aliphatic rings.